The maximum Gasteiger partial charge on any atom is 0.241 e. The van der Waals surface area contributed by atoms with E-state index in [2.05, 4.69) is 15.5 Å². The molecule has 0 atom stereocenters. The van der Waals surface area contributed by atoms with Crippen LogP contribution in [0.3, 0.4) is 0 Å². The van der Waals surface area contributed by atoms with Crippen LogP contribution in [0.4, 0.5) is 0 Å². The number of rotatable bonds is 7. The van der Waals surface area contributed by atoms with Crippen molar-refractivity contribution in [2.45, 2.75) is 80.2 Å². The molecule has 196 valence electrons. The molecule has 2 aromatic carbocycles. The Hall–Kier alpha value is -2.59. The molecule has 0 saturated heterocycles. The Bertz CT molecular complexity index is 1560. The summed E-state index contributed by atoms with van der Waals surface area (Å²) in [6, 6.07) is 10.3. The molecule has 37 heavy (non-hydrogen) atoms. The number of allylic oxidation sites excluding steroid dienone is 3. The fourth-order valence-corrected chi connectivity index (χ4v) is 7.60. The Morgan fingerprint density at radius 1 is 0.784 bits per heavy atom. The SMILES string of the molecule is CC(=O)C1=CCc2cc(S(=O)(=O)NC3(C)CC3)ccc21.CC1(NS(=O)(=O)c2ccc3c(c2)CC=C3)CC1. The molecule has 7 nitrogen and oxygen atoms in total. The van der Waals surface area contributed by atoms with E-state index in [0.29, 0.717) is 16.9 Å². The molecular weight excluding hydrogens is 508 g/mol. The van der Waals surface area contributed by atoms with Crippen LogP contribution in [0.15, 0.2) is 58.3 Å². The van der Waals surface area contributed by atoms with Gasteiger partial charge in [0.15, 0.2) is 5.78 Å². The molecule has 0 bridgehead atoms. The lowest BCUT2D eigenvalue weighted by Crippen LogP contribution is -2.34. The van der Waals surface area contributed by atoms with E-state index in [-0.39, 0.29) is 21.8 Å². The number of benzene rings is 2. The molecule has 2 saturated carbocycles. The number of Topliss-reactive ketones (excluding diaryl/α,β-unsaturated/α-hetero) is 1. The van der Waals surface area contributed by atoms with Crippen molar-refractivity contribution in [1.29, 1.82) is 0 Å². The predicted molar refractivity (Wildman–Crippen MR) is 144 cm³/mol. The van der Waals surface area contributed by atoms with E-state index in [1.165, 1.54) is 6.92 Å². The fraction of sp³-hybridized carbons (Fsp3) is 0.393. The minimum absolute atomic E-state index is 0.0166. The van der Waals surface area contributed by atoms with Gasteiger partial charge in [-0.05, 0) is 106 Å². The second-order valence-electron chi connectivity index (χ2n) is 11.0. The minimum Gasteiger partial charge on any atom is -0.295 e. The molecule has 4 aliphatic rings. The van der Waals surface area contributed by atoms with Crippen molar-refractivity contribution in [3.63, 3.8) is 0 Å². The lowest BCUT2D eigenvalue weighted by atomic mass is 10.0. The number of carbonyl (C=O) groups is 1. The molecule has 0 amide bonds. The first kappa shape index (κ1) is 26.0. The molecule has 0 radical (unpaired) electrons. The average Bonchev–Trinajstić information content (AvgIpc) is 3.58. The number of fused-ring (bicyclic) bond motifs is 2. The normalized spacial score (nSPS) is 19.8. The molecule has 0 aromatic heterocycles. The van der Waals surface area contributed by atoms with Crippen LogP contribution in [-0.4, -0.2) is 33.7 Å². The molecule has 0 spiro atoms. The van der Waals surface area contributed by atoms with Crippen LogP contribution in [0.25, 0.3) is 11.6 Å². The van der Waals surface area contributed by atoms with E-state index in [9.17, 15) is 21.6 Å². The second-order valence-corrected chi connectivity index (χ2v) is 14.4. The van der Waals surface area contributed by atoms with Crippen molar-refractivity contribution < 1.29 is 21.6 Å². The van der Waals surface area contributed by atoms with E-state index < -0.39 is 20.0 Å². The number of carbonyl (C=O) groups excluding carboxylic acids is 1. The molecular formula is C28H32N2O5S2. The molecule has 0 heterocycles. The van der Waals surface area contributed by atoms with Crippen molar-refractivity contribution in [3.8, 4) is 0 Å². The summed E-state index contributed by atoms with van der Waals surface area (Å²) in [7, 11) is -6.83. The van der Waals surface area contributed by atoms with Crippen LogP contribution < -0.4 is 9.44 Å². The van der Waals surface area contributed by atoms with E-state index in [0.717, 1.165) is 54.4 Å². The Labute approximate surface area is 219 Å². The van der Waals surface area contributed by atoms with Gasteiger partial charge < -0.3 is 0 Å². The molecule has 2 N–H and O–H groups in total. The topological polar surface area (TPSA) is 109 Å². The lowest BCUT2D eigenvalue weighted by Gasteiger charge is -2.13. The fourth-order valence-electron chi connectivity index (χ4n) is 4.57. The Balaban J connectivity index is 0.000000153. The first-order chi connectivity index (χ1) is 17.3. The Morgan fingerprint density at radius 3 is 1.86 bits per heavy atom. The maximum absolute atomic E-state index is 12.3. The summed E-state index contributed by atoms with van der Waals surface area (Å²) < 4.78 is 54.4. The molecule has 4 aliphatic carbocycles. The highest BCUT2D eigenvalue weighted by atomic mass is 32.2. The van der Waals surface area contributed by atoms with Gasteiger partial charge in [0.2, 0.25) is 20.0 Å². The van der Waals surface area contributed by atoms with Gasteiger partial charge in [-0.1, -0.05) is 30.4 Å². The molecule has 0 unspecified atom stereocenters. The summed E-state index contributed by atoms with van der Waals surface area (Å²) in [6.07, 6.45) is 11.0. The first-order valence-electron chi connectivity index (χ1n) is 12.5. The molecule has 2 aromatic rings. The number of ketones is 1. The predicted octanol–water partition coefficient (Wildman–Crippen LogP) is 4.13. The zero-order chi connectivity index (χ0) is 26.6. The smallest absolute Gasteiger partial charge is 0.241 e. The standard InChI is InChI=1S/C15H17NO3S.C13H15NO2S/c1-10(17)13-5-3-11-9-12(4-6-14(11)13)20(18,19)16-15(2)7-8-15;1-13(7-8-13)14-17(15,16)12-6-5-10-3-2-4-11(10)9-12/h4-6,9,16H,3,7-8H2,1-2H3;2-3,5-6,9,14H,4,7-8H2,1H3. The molecule has 9 heteroatoms. The van der Waals surface area contributed by atoms with Crippen LogP contribution in [0.5, 0.6) is 0 Å². The number of hydrogen-bond acceptors (Lipinski definition) is 5. The molecule has 6 rings (SSSR count). The average molecular weight is 541 g/mol. The Morgan fingerprint density at radius 2 is 1.32 bits per heavy atom. The van der Waals surface area contributed by atoms with Crippen LogP contribution in [0, 0.1) is 0 Å². The van der Waals surface area contributed by atoms with Crippen molar-refractivity contribution in [3.05, 3.63) is 70.8 Å². The van der Waals surface area contributed by atoms with Gasteiger partial charge in [0.25, 0.3) is 0 Å². The highest BCUT2D eigenvalue weighted by Crippen LogP contribution is 2.37. The van der Waals surface area contributed by atoms with Crippen molar-refractivity contribution >= 4 is 37.5 Å². The van der Waals surface area contributed by atoms with Crippen LogP contribution >= 0.6 is 0 Å². The lowest BCUT2D eigenvalue weighted by molar-refractivity contribution is -0.111. The summed E-state index contributed by atoms with van der Waals surface area (Å²) in [4.78, 5) is 12.2. The van der Waals surface area contributed by atoms with E-state index in [4.69, 9.17) is 0 Å². The van der Waals surface area contributed by atoms with E-state index in [1.807, 2.05) is 32.1 Å². The van der Waals surface area contributed by atoms with Gasteiger partial charge >= 0.3 is 0 Å². The monoisotopic (exact) mass is 540 g/mol. The summed E-state index contributed by atoms with van der Waals surface area (Å²) >= 11 is 0. The first-order valence-corrected chi connectivity index (χ1v) is 15.5. The third-order valence-corrected chi connectivity index (χ3v) is 10.7. The Kier molecular flexibility index (Phi) is 6.34. The summed E-state index contributed by atoms with van der Waals surface area (Å²) in [5.41, 5.74) is 4.17. The van der Waals surface area contributed by atoms with Gasteiger partial charge in [-0.25, -0.2) is 26.3 Å². The van der Waals surface area contributed by atoms with Gasteiger partial charge in [0.1, 0.15) is 0 Å². The van der Waals surface area contributed by atoms with Gasteiger partial charge in [-0.2, -0.15) is 0 Å². The minimum atomic E-state index is -3.47. The van der Waals surface area contributed by atoms with E-state index >= 15 is 0 Å². The number of hydrogen-bond donors (Lipinski definition) is 2. The van der Waals surface area contributed by atoms with Crippen molar-refractivity contribution in [1.82, 2.24) is 9.44 Å². The molecule has 0 aliphatic heterocycles. The number of nitrogens with one attached hydrogen (secondary N) is 2. The van der Waals surface area contributed by atoms with Crippen LogP contribution in [-0.2, 0) is 37.7 Å². The summed E-state index contributed by atoms with van der Waals surface area (Å²) in [5, 5.41) is 0. The van der Waals surface area contributed by atoms with Gasteiger partial charge in [0, 0.05) is 16.7 Å². The van der Waals surface area contributed by atoms with Crippen LogP contribution in [0.2, 0.25) is 0 Å². The third kappa shape index (κ3) is 5.65. The highest BCUT2D eigenvalue weighted by Gasteiger charge is 2.42. The van der Waals surface area contributed by atoms with Gasteiger partial charge in [0.05, 0.1) is 9.79 Å². The summed E-state index contributed by atoms with van der Waals surface area (Å²) in [6.45, 7) is 5.38. The number of sulfonamides is 2. The van der Waals surface area contributed by atoms with Crippen LogP contribution in [0.1, 0.15) is 68.7 Å². The van der Waals surface area contributed by atoms with Gasteiger partial charge in [-0.3, -0.25) is 4.79 Å². The zero-order valence-corrected chi connectivity index (χ0v) is 22.9. The zero-order valence-electron chi connectivity index (χ0n) is 21.3. The maximum atomic E-state index is 12.3. The summed E-state index contributed by atoms with van der Waals surface area (Å²) in [5.74, 6) is 0.0166. The third-order valence-electron chi connectivity index (χ3n) is 7.40. The van der Waals surface area contributed by atoms with Crippen molar-refractivity contribution in [2.24, 2.45) is 0 Å². The largest absolute Gasteiger partial charge is 0.295 e. The quantitative estimate of drug-likeness (QED) is 0.549. The second kappa shape index (κ2) is 9.01. The highest BCUT2D eigenvalue weighted by molar-refractivity contribution is 7.89. The van der Waals surface area contributed by atoms with Gasteiger partial charge in [-0.15, -0.1) is 0 Å². The van der Waals surface area contributed by atoms with Crippen molar-refractivity contribution in [2.75, 3.05) is 0 Å². The van der Waals surface area contributed by atoms with E-state index in [1.54, 1.807) is 30.3 Å². The molecule has 2 fully saturated rings.